The van der Waals surface area contributed by atoms with Crippen molar-refractivity contribution in [2.75, 3.05) is 0 Å². The van der Waals surface area contributed by atoms with Gasteiger partial charge in [-0.25, -0.2) is 0 Å². The van der Waals surface area contributed by atoms with Crippen molar-refractivity contribution < 1.29 is 4.42 Å². The molecule has 1 heterocycles. The summed E-state index contributed by atoms with van der Waals surface area (Å²) in [5, 5.41) is 7.98. The van der Waals surface area contributed by atoms with Gasteiger partial charge in [-0.3, -0.25) is 0 Å². The van der Waals surface area contributed by atoms with Crippen LogP contribution in [0.5, 0.6) is 0 Å². The number of nitrogens with zero attached hydrogens (tertiary/aromatic N) is 2. The predicted molar refractivity (Wildman–Crippen MR) is 52.0 cm³/mol. The van der Waals surface area contributed by atoms with E-state index in [-0.39, 0.29) is 0 Å². The van der Waals surface area contributed by atoms with Gasteiger partial charge in [-0.1, -0.05) is 12.8 Å². The van der Waals surface area contributed by atoms with E-state index < -0.39 is 0 Å². The van der Waals surface area contributed by atoms with Gasteiger partial charge in [0.2, 0.25) is 11.8 Å². The first-order valence-corrected chi connectivity index (χ1v) is 5.82. The van der Waals surface area contributed by atoms with E-state index in [4.69, 9.17) is 16.0 Å². The van der Waals surface area contributed by atoms with Gasteiger partial charge in [-0.15, -0.1) is 21.8 Å². The molecule has 1 aromatic heterocycles. The quantitative estimate of drug-likeness (QED) is 0.708. The maximum absolute atomic E-state index is 5.62. The number of alkyl halides is 1. The Kier molecular flexibility index (Phi) is 2.01. The van der Waals surface area contributed by atoms with Crippen LogP contribution in [0.3, 0.4) is 0 Å². The molecule has 3 rings (SSSR count). The number of hydrogen-bond donors (Lipinski definition) is 0. The number of fused-ring (bicyclic) bond motifs is 1. The lowest BCUT2D eigenvalue weighted by Gasteiger charge is -2.04. The summed E-state index contributed by atoms with van der Waals surface area (Å²) in [4.78, 5) is 0. The molecule has 0 amide bonds. The molecule has 0 aliphatic heterocycles. The fourth-order valence-electron chi connectivity index (χ4n) is 2.81. The fraction of sp³-hybridized carbons (Fsp3) is 0.800. The Morgan fingerprint density at radius 2 is 1.93 bits per heavy atom. The van der Waals surface area contributed by atoms with Crippen LogP contribution in [0.2, 0.25) is 0 Å². The van der Waals surface area contributed by atoms with Gasteiger partial charge < -0.3 is 4.42 Å². The Labute approximate surface area is 87.8 Å². The molecule has 2 saturated carbocycles. The van der Waals surface area contributed by atoms with Crippen molar-refractivity contribution in [3.8, 4) is 0 Å². The molecule has 0 N–H and O–H groups in total. The third kappa shape index (κ3) is 1.26. The van der Waals surface area contributed by atoms with Crippen molar-refractivity contribution >= 4 is 11.6 Å². The summed E-state index contributed by atoms with van der Waals surface area (Å²) >= 11 is 5.62. The smallest absolute Gasteiger partial charge is 0.231 e. The third-order valence-electron chi connectivity index (χ3n) is 3.54. The van der Waals surface area contributed by atoms with Crippen molar-refractivity contribution in [2.24, 2.45) is 11.8 Å². The summed E-state index contributed by atoms with van der Waals surface area (Å²) < 4.78 is 5.49. The monoisotopic (exact) mass is 212 g/mol. The summed E-state index contributed by atoms with van der Waals surface area (Å²) in [6.07, 6.45) is 5.42. The molecule has 4 heteroatoms. The molecule has 3 nitrogen and oxygen atoms in total. The summed E-state index contributed by atoms with van der Waals surface area (Å²) in [7, 11) is 0. The van der Waals surface area contributed by atoms with Gasteiger partial charge in [0.1, 0.15) is 5.88 Å². The van der Waals surface area contributed by atoms with Crippen molar-refractivity contribution in [2.45, 2.75) is 37.5 Å². The molecule has 2 aliphatic rings. The molecule has 0 bridgehead atoms. The van der Waals surface area contributed by atoms with Crippen LogP contribution in [0.15, 0.2) is 4.42 Å². The highest BCUT2D eigenvalue weighted by Crippen LogP contribution is 2.60. The second-order valence-electron chi connectivity index (χ2n) is 4.31. The van der Waals surface area contributed by atoms with Gasteiger partial charge in [-0.05, 0) is 24.7 Å². The third-order valence-corrected chi connectivity index (χ3v) is 3.77. The van der Waals surface area contributed by atoms with Crippen molar-refractivity contribution in [1.82, 2.24) is 10.2 Å². The van der Waals surface area contributed by atoms with Crippen LogP contribution in [-0.2, 0) is 5.88 Å². The zero-order valence-electron chi connectivity index (χ0n) is 7.95. The molecule has 0 saturated heterocycles. The van der Waals surface area contributed by atoms with Crippen LogP contribution in [-0.4, -0.2) is 10.2 Å². The molecular formula is C10H13ClN2O. The Morgan fingerprint density at radius 3 is 2.50 bits per heavy atom. The molecule has 2 atom stereocenters. The molecule has 2 aliphatic carbocycles. The first-order chi connectivity index (χ1) is 6.90. The van der Waals surface area contributed by atoms with Gasteiger partial charge in [0.05, 0.1) is 0 Å². The summed E-state index contributed by atoms with van der Waals surface area (Å²) in [5.74, 6) is 3.93. The van der Waals surface area contributed by atoms with E-state index in [0.29, 0.717) is 17.7 Å². The van der Waals surface area contributed by atoms with Crippen LogP contribution in [0.25, 0.3) is 0 Å². The van der Waals surface area contributed by atoms with Gasteiger partial charge >= 0.3 is 0 Å². The fourth-order valence-corrected chi connectivity index (χ4v) is 2.92. The number of hydrogen-bond acceptors (Lipinski definition) is 3. The van der Waals surface area contributed by atoms with Crippen LogP contribution in [0, 0.1) is 11.8 Å². The van der Waals surface area contributed by atoms with Crippen molar-refractivity contribution in [3.05, 3.63) is 11.8 Å². The molecule has 1 aromatic rings. The van der Waals surface area contributed by atoms with Crippen LogP contribution in [0.1, 0.15) is 43.4 Å². The first kappa shape index (κ1) is 8.72. The topological polar surface area (TPSA) is 38.9 Å². The minimum absolute atomic E-state index is 0.328. The molecule has 0 radical (unpaired) electrons. The second kappa shape index (κ2) is 3.23. The normalized spacial score (nSPS) is 35.4. The Bertz CT molecular complexity index is 327. The molecule has 76 valence electrons. The molecular weight excluding hydrogens is 200 g/mol. The molecule has 2 unspecified atom stereocenters. The first-order valence-electron chi connectivity index (χ1n) is 5.28. The second-order valence-corrected chi connectivity index (χ2v) is 4.57. The number of aromatic nitrogens is 2. The molecule has 0 spiro atoms. The minimum atomic E-state index is 0.328. The molecule has 2 fully saturated rings. The van der Waals surface area contributed by atoms with Crippen LogP contribution >= 0.6 is 11.6 Å². The van der Waals surface area contributed by atoms with Gasteiger partial charge in [0.25, 0.3) is 0 Å². The maximum atomic E-state index is 5.62. The van der Waals surface area contributed by atoms with E-state index >= 15 is 0 Å². The van der Waals surface area contributed by atoms with Crippen molar-refractivity contribution in [1.29, 1.82) is 0 Å². The van der Waals surface area contributed by atoms with E-state index in [1.54, 1.807) is 0 Å². The van der Waals surface area contributed by atoms with Crippen LogP contribution in [0.4, 0.5) is 0 Å². The lowest BCUT2D eigenvalue weighted by molar-refractivity contribution is 0.455. The highest BCUT2D eigenvalue weighted by atomic mass is 35.5. The molecule has 14 heavy (non-hydrogen) atoms. The minimum Gasteiger partial charge on any atom is -0.424 e. The van der Waals surface area contributed by atoms with E-state index in [1.807, 2.05) is 0 Å². The van der Waals surface area contributed by atoms with E-state index in [1.165, 1.54) is 25.7 Å². The average Bonchev–Trinajstić information content (AvgIpc) is 2.77. The predicted octanol–water partition coefficient (Wildman–Crippen LogP) is 2.71. The lowest BCUT2D eigenvalue weighted by Crippen LogP contribution is -1.91. The van der Waals surface area contributed by atoms with E-state index in [2.05, 4.69) is 10.2 Å². The maximum Gasteiger partial charge on any atom is 0.231 e. The zero-order valence-corrected chi connectivity index (χ0v) is 8.70. The Morgan fingerprint density at radius 1 is 1.21 bits per heavy atom. The largest absolute Gasteiger partial charge is 0.424 e. The van der Waals surface area contributed by atoms with Crippen LogP contribution < -0.4 is 0 Å². The Balaban J connectivity index is 1.77. The van der Waals surface area contributed by atoms with Crippen molar-refractivity contribution in [3.63, 3.8) is 0 Å². The number of rotatable bonds is 2. The Hall–Kier alpha value is -0.570. The lowest BCUT2D eigenvalue weighted by atomic mass is 10.0. The highest BCUT2D eigenvalue weighted by Gasteiger charge is 2.54. The number of halogens is 1. The highest BCUT2D eigenvalue weighted by molar-refractivity contribution is 6.16. The van der Waals surface area contributed by atoms with Gasteiger partial charge in [0.15, 0.2) is 0 Å². The molecule has 0 aromatic carbocycles. The SMILES string of the molecule is ClCc1nnc(C2C3CCCCC32)o1. The van der Waals surface area contributed by atoms with E-state index in [0.717, 1.165) is 17.7 Å². The van der Waals surface area contributed by atoms with E-state index in [9.17, 15) is 0 Å². The summed E-state index contributed by atoms with van der Waals surface area (Å²) in [5.41, 5.74) is 0. The summed E-state index contributed by atoms with van der Waals surface area (Å²) in [6, 6.07) is 0. The van der Waals surface area contributed by atoms with Gasteiger partial charge in [-0.2, -0.15) is 0 Å². The zero-order chi connectivity index (χ0) is 9.54. The average molecular weight is 213 g/mol. The van der Waals surface area contributed by atoms with Gasteiger partial charge in [0, 0.05) is 5.92 Å². The standard InChI is InChI=1S/C10H13ClN2O/c11-5-8-12-13-10(14-8)9-6-3-1-2-4-7(6)9/h6-7,9H,1-5H2. The summed E-state index contributed by atoms with van der Waals surface area (Å²) in [6.45, 7) is 0.